The summed E-state index contributed by atoms with van der Waals surface area (Å²) >= 11 is 0. The maximum Gasteiger partial charge on any atom is 0.123 e. The van der Waals surface area contributed by atoms with Gasteiger partial charge in [-0.3, -0.25) is 0 Å². The second-order valence-electron chi connectivity index (χ2n) is 3.69. The van der Waals surface area contributed by atoms with Gasteiger partial charge in [0.15, 0.2) is 0 Å². The molecule has 4 heteroatoms. The van der Waals surface area contributed by atoms with Gasteiger partial charge in [-0.2, -0.15) is 5.26 Å². The van der Waals surface area contributed by atoms with E-state index in [0.29, 0.717) is 13.0 Å². The van der Waals surface area contributed by atoms with Crippen LogP contribution in [-0.4, -0.2) is 20.8 Å². The van der Waals surface area contributed by atoms with Crippen LogP contribution < -0.4 is 14.8 Å². The zero-order chi connectivity index (χ0) is 12.7. The molecule has 0 radical (unpaired) electrons. The smallest absolute Gasteiger partial charge is 0.123 e. The van der Waals surface area contributed by atoms with Crippen molar-refractivity contribution in [2.75, 3.05) is 20.8 Å². The summed E-state index contributed by atoms with van der Waals surface area (Å²) < 4.78 is 10.5. The van der Waals surface area contributed by atoms with E-state index >= 15 is 0 Å². The lowest BCUT2D eigenvalue weighted by Crippen LogP contribution is -2.20. The Hall–Kier alpha value is -1.73. The minimum Gasteiger partial charge on any atom is -0.497 e. The predicted molar refractivity (Wildman–Crippen MR) is 66.2 cm³/mol. The second-order valence-corrected chi connectivity index (χ2v) is 3.69. The van der Waals surface area contributed by atoms with Gasteiger partial charge in [-0.25, -0.2) is 0 Å². The highest BCUT2D eigenvalue weighted by atomic mass is 16.5. The van der Waals surface area contributed by atoms with Crippen LogP contribution in [0.5, 0.6) is 11.5 Å². The van der Waals surface area contributed by atoms with Crippen molar-refractivity contribution in [3.05, 3.63) is 23.8 Å². The van der Waals surface area contributed by atoms with E-state index in [4.69, 9.17) is 14.7 Å². The quantitative estimate of drug-likeness (QED) is 0.767. The summed E-state index contributed by atoms with van der Waals surface area (Å²) in [6, 6.07) is 7.92. The molecule has 17 heavy (non-hydrogen) atoms. The average molecular weight is 234 g/mol. The Morgan fingerprint density at radius 1 is 1.35 bits per heavy atom. The number of rotatable bonds is 6. The van der Waals surface area contributed by atoms with Crippen molar-refractivity contribution in [3.63, 3.8) is 0 Å². The first kappa shape index (κ1) is 13.3. The first-order valence-corrected chi connectivity index (χ1v) is 5.55. The molecule has 1 N–H and O–H groups in total. The van der Waals surface area contributed by atoms with E-state index in [2.05, 4.69) is 11.4 Å². The summed E-state index contributed by atoms with van der Waals surface area (Å²) in [5, 5.41) is 11.8. The molecule has 0 aliphatic rings. The topological polar surface area (TPSA) is 54.3 Å². The van der Waals surface area contributed by atoms with Crippen LogP contribution in [0.2, 0.25) is 0 Å². The van der Waals surface area contributed by atoms with Gasteiger partial charge < -0.3 is 14.8 Å². The third-order valence-corrected chi connectivity index (χ3v) is 2.59. The van der Waals surface area contributed by atoms with Crippen LogP contribution in [0.15, 0.2) is 18.2 Å². The van der Waals surface area contributed by atoms with Gasteiger partial charge in [0.1, 0.15) is 11.5 Å². The predicted octanol–water partition coefficient (Wildman–Crippen LogP) is 2.27. The summed E-state index contributed by atoms with van der Waals surface area (Å²) in [6.07, 6.45) is 0.497. The van der Waals surface area contributed by atoms with Crippen LogP contribution in [-0.2, 0) is 0 Å². The maximum absolute atomic E-state index is 8.50. The van der Waals surface area contributed by atoms with Gasteiger partial charge in [-0.05, 0) is 25.1 Å². The summed E-state index contributed by atoms with van der Waals surface area (Å²) in [7, 11) is 3.28. The van der Waals surface area contributed by atoms with Crippen molar-refractivity contribution in [2.45, 2.75) is 19.4 Å². The number of methoxy groups -OCH3 is 2. The fourth-order valence-corrected chi connectivity index (χ4v) is 1.63. The number of ether oxygens (including phenoxy) is 2. The summed E-state index contributed by atoms with van der Waals surface area (Å²) in [6.45, 7) is 2.70. The van der Waals surface area contributed by atoms with Crippen molar-refractivity contribution in [1.29, 1.82) is 5.26 Å². The molecule has 4 nitrogen and oxygen atoms in total. The SMILES string of the molecule is COc1ccc(OC)c(C(C)NCCC#N)c1. The maximum atomic E-state index is 8.50. The third-order valence-electron chi connectivity index (χ3n) is 2.59. The van der Waals surface area contributed by atoms with Gasteiger partial charge in [-0.1, -0.05) is 0 Å². The molecular weight excluding hydrogens is 216 g/mol. The van der Waals surface area contributed by atoms with Crippen LogP contribution in [0, 0.1) is 11.3 Å². The van der Waals surface area contributed by atoms with E-state index in [0.717, 1.165) is 17.1 Å². The molecule has 0 saturated heterocycles. The largest absolute Gasteiger partial charge is 0.497 e. The zero-order valence-corrected chi connectivity index (χ0v) is 10.5. The molecule has 1 aromatic rings. The lowest BCUT2D eigenvalue weighted by Gasteiger charge is -2.17. The molecule has 0 aliphatic heterocycles. The van der Waals surface area contributed by atoms with Crippen LogP contribution in [0.1, 0.15) is 24.9 Å². The molecular formula is C13H18N2O2. The van der Waals surface area contributed by atoms with Gasteiger partial charge in [0.05, 0.1) is 20.3 Å². The minimum atomic E-state index is 0.119. The first-order chi connectivity index (χ1) is 8.22. The van der Waals surface area contributed by atoms with E-state index in [9.17, 15) is 0 Å². The molecule has 1 aromatic carbocycles. The molecule has 0 bridgehead atoms. The Balaban J connectivity index is 2.82. The van der Waals surface area contributed by atoms with Crippen LogP contribution >= 0.6 is 0 Å². The lowest BCUT2D eigenvalue weighted by atomic mass is 10.1. The molecule has 1 unspecified atom stereocenters. The van der Waals surface area contributed by atoms with E-state index in [-0.39, 0.29) is 6.04 Å². The highest BCUT2D eigenvalue weighted by molar-refractivity contribution is 5.42. The molecule has 0 heterocycles. The fraction of sp³-hybridized carbons (Fsp3) is 0.462. The number of hydrogen-bond donors (Lipinski definition) is 1. The highest BCUT2D eigenvalue weighted by Gasteiger charge is 2.11. The van der Waals surface area contributed by atoms with E-state index < -0.39 is 0 Å². The summed E-state index contributed by atoms with van der Waals surface area (Å²) in [5.74, 6) is 1.62. The number of nitrogens with zero attached hydrogens (tertiary/aromatic N) is 1. The number of nitrogens with one attached hydrogen (secondary N) is 1. The monoisotopic (exact) mass is 234 g/mol. The Kier molecular flexibility index (Phi) is 5.31. The molecule has 1 rings (SSSR count). The van der Waals surface area contributed by atoms with E-state index in [1.807, 2.05) is 25.1 Å². The molecule has 0 fully saturated rings. The molecule has 0 spiro atoms. The standard InChI is InChI=1S/C13H18N2O2/c1-10(15-8-4-7-14)12-9-11(16-2)5-6-13(12)17-3/h5-6,9-10,15H,4,8H2,1-3H3. The van der Waals surface area contributed by atoms with Crippen molar-refractivity contribution >= 4 is 0 Å². The minimum absolute atomic E-state index is 0.119. The summed E-state index contributed by atoms with van der Waals surface area (Å²) in [4.78, 5) is 0. The van der Waals surface area contributed by atoms with Gasteiger partial charge in [0.25, 0.3) is 0 Å². The van der Waals surface area contributed by atoms with Crippen molar-refractivity contribution in [3.8, 4) is 17.6 Å². The van der Waals surface area contributed by atoms with Crippen LogP contribution in [0.4, 0.5) is 0 Å². The van der Waals surface area contributed by atoms with Crippen molar-refractivity contribution in [1.82, 2.24) is 5.32 Å². The van der Waals surface area contributed by atoms with Gasteiger partial charge in [0.2, 0.25) is 0 Å². The number of hydrogen-bond acceptors (Lipinski definition) is 4. The average Bonchev–Trinajstić information content (AvgIpc) is 2.38. The lowest BCUT2D eigenvalue weighted by molar-refractivity contribution is 0.392. The van der Waals surface area contributed by atoms with Gasteiger partial charge >= 0.3 is 0 Å². The highest BCUT2D eigenvalue weighted by Crippen LogP contribution is 2.28. The Bertz CT molecular complexity index is 399. The molecule has 0 aliphatic carbocycles. The Labute approximate surface area is 102 Å². The summed E-state index contributed by atoms with van der Waals surface area (Å²) in [5.41, 5.74) is 1.03. The fourth-order valence-electron chi connectivity index (χ4n) is 1.63. The molecule has 1 atom stereocenters. The first-order valence-electron chi connectivity index (χ1n) is 5.55. The van der Waals surface area contributed by atoms with Crippen molar-refractivity contribution in [2.24, 2.45) is 0 Å². The Morgan fingerprint density at radius 2 is 2.12 bits per heavy atom. The normalized spacial score (nSPS) is 11.6. The zero-order valence-electron chi connectivity index (χ0n) is 10.5. The molecule has 0 amide bonds. The van der Waals surface area contributed by atoms with E-state index in [1.54, 1.807) is 14.2 Å². The van der Waals surface area contributed by atoms with Gasteiger partial charge in [-0.15, -0.1) is 0 Å². The van der Waals surface area contributed by atoms with Crippen LogP contribution in [0.3, 0.4) is 0 Å². The van der Waals surface area contributed by atoms with Crippen molar-refractivity contribution < 1.29 is 9.47 Å². The van der Waals surface area contributed by atoms with Crippen LogP contribution in [0.25, 0.3) is 0 Å². The third kappa shape index (κ3) is 3.65. The molecule has 0 saturated carbocycles. The molecule has 0 aromatic heterocycles. The number of nitriles is 1. The molecule has 92 valence electrons. The number of benzene rings is 1. The van der Waals surface area contributed by atoms with Gasteiger partial charge in [0, 0.05) is 24.6 Å². The second kappa shape index (κ2) is 6.77. The Morgan fingerprint density at radius 3 is 2.71 bits per heavy atom. The van der Waals surface area contributed by atoms with E-state index in [1.165, 1.54) is 0 Å².